The Balaban J connectivity index is 1.30. The van der Waals surface area contributed by atoms with Crippen LogP contribution in [0.4, 0.5) is 5.82 Å². The molecule has 0 radical (unpaired) electrons. The number of carbonyl (C=O) groups excluding carboxylic acids is 1. The molecular weight excluding hydrogens is 492 g/mol. The molecule has 2 fully saturated rings. The smallest absolute Gasteiger partial charge is 0.244 e. The van der Waals surface area contributed by atoms with Crippen molar-refractivity contribution in [2.75, 3.05) is 77.7 Å². The summed E-state index contributed by atoms with van der Waals surface area (Å²) >= 11 is 1.59. The van der Waals surface area contributed by atoms with Gasteiger partial charge in [-0.3, -0.25) is 9.69 Å². The number of carbonyl (C=O) groups is 1. The summed E-state index contributed by atoms with van der Waals surface area (Å²) in [7, 11) is 1.59. The lowest BCUT2D eigenvalue weighted by atomic mass is 10.2. The van der Waals surface area contributed by atoms with Crippen LogP contribution < -0.4 is 15.0 Å². The Kier molecular flexibility index (Phi) is 8.57. The van der Waals surface area contributed by atoms with Gasteiger partial charge in [-0.15, -0.1) is 11.3 Å². The summed E-state index contributed by atoms with van der Waals surface area (Å²) in [4.78, 5) is 32.0. The van der Waals surface area contributed by atoms with Gasteiger partial charge in [0.25, 0.3) is 0 Å². The molecule has 2 saturated heterocycles. The molecule has 37 heavy (non-hydrogen) atoms. The zero-order valence-electron chi connectivity index (χ0n) is 21.0. The second-order valence-electron chi connectivity index (χ2n) is 8.85. The van der Waals surface area contributed by atoms with E-state index >= 15 is 0 Å². The Morgan fingerprint density at radius 3 is 2.65 bits per heavy atom. The number of pyridine rings is 1. The average molecular weight is 525 g/mol. The van der Waals surface area contributed by atoms with E-state index in [9.17, 15) is 4.79 Å². The molecule has 0 bridgehead atoms. The highest BCUT2D eigenvalue weighted by atomic mass is 32.1. The molecule has 2 aliphatic rings. The van der Waals surface area contributed by atoms with Gasteiger partial charge in [-0.1, -0.05) is 0 Å². The number of thiophene rings is 1. The monoisotopic (exact) mass is 524 g/mol. The standard InChI is InChI=1S/C26H32N6O4S/c1-34-23-6-3-19(18-28-23)25-29-21-17-20(37-24(21)26(30-25)32-11-15-36-16-12-32)4-5-22(33)27-7-2-8-31-9-13-35-14-10-31/h3-6,17-18H,2,7-16H2,1H3,(H,27,33)/b5-4+. The molecule has 3 aromatic heterocycles. The summed E-state index contributed by atoms with van der Waals surface area (Å²) in [5, 5.41) is 2.98. The fourth-order valence-corrected chi connectivity index (χ4v) is 5.34. The molecule has 0 unspecified atom stereocenters. The third kappa shape index (κ3) is 6.61. The zero-order chi connectivity index (χ0) is 25.5. The number of morpholine rings is 2. The number of rotatable bonds is 9. The van der Waals surface area contributed by atoms with E-state index in [1.54, 1.807) is 36.8 Å². The van der Waals surface area contributed by atoms with Crippen molar-refractivity contribution in [2.24, 2.45) is 0 Å². The van der Waals surface area contributed by atoms with Crippen LogP contribution in [0.2, 0.25) is 0 Å². The third-order valence-electron chi connectivity index (χ3n) is 6.34. The highest BCUT2D eigenvalue weighted by molar-refractivity contribution is 7.20. The molecule has 5 rings (SSSR count). The van der Waals surface area contributed by atoms with Gasteiger partial charge in [0.05, 0.1) is 43.8 Å². The van der Waals surface area contributed by atoms with Crippen molar-refractivity contribution < 1.29 is 19.0 Å². The Hall–Kier alpha value is -3.12. The van der Waals surface area contributed by atoms with E-state index in [2.05, 4.69) is 20.1 Å². The molecule has 0 aliphatic carbocycles. The highest BCUT2D eigenvalue weighted by Gasteiger charge is 2.20. The number of anilines is 1. The molecule has 0 atom stereocenters. The van der Waals surface area contributed by atoms with Crippen molar-refractivity contribution in [1.29, 1.82) is 0 Å². The number of hydrogen-bond donors (Lipinski definition) is 1. The van der Waals surface area contributed by atoms with E-state index in [-0.39, 0.29) is 5.91 Å². The van der Waals surface area contributed by atoms with Gasteiger partial charge in [-0.25, -0.2) is 15.0 Å². The number of methoxy groups -OCH3 is 1. The Morgan fingerprint density at radius 2 is 1.92 bits per heavy atom. The first kappa shape index (κ1) is 25.5. The third-order valence-corrected chi connectivity index (χ3v) is 7.43. The van der Waals surface area contributed by atoms with Crippen LogP contribution in [0, 0.1) is 0 Å². The molecule has 0 spiro atoms. The van der Waals surface area contributed by atoms with Crippen molar-refractivity contribution in [2.45, 2.75) is 6.42 Å². The van der Waals surface area contributed by atoms with E-state index in [0.717, 1.165) is 78.8 Å². The largest absolute Gasteiger partial charge is 0.481 e. The molecule has 5 heterocycles. The number of fused-ring (bicyclic) bond motifs is 1. The van der Waals surface area contributed by atoms with Crippen LogP contribution in [-0.4, -0.2) is 98.6 Å². The Labute approximate surface area is 220 Å². The minimum atomic E-state index is -0.0936. The van der Waals surface area contributed by atoms with Crippen molar-refractivity contribution in [1.82, 2.24) is 25.2 Å². The van der Waals surface area contributed by atoms with Crippen molar-refractivity contribution in [3.05, 3.63) is 35.3 Å². The van der Waals surface area contributed by atoms with E-state index < -0.39 is 0 Å². The SMILES string of the molecule is COc1ccc(-c2nc(N3CCOCC3)c3sc(/C=C/C(=O)NCCCN4CCOCC4)cc3n2)cn1. The van der Waals surface area contributed by atoms with Crippen LogP contribution in [0.25, 0.3) is 27.7 Å². The zero-order valence-corrected chi connectivity index (χ0v) is 21.8. The fraction of sp³-hybridized carbons (Fsp3) is 0.462. The first-order valence-corrected chi connectivity index (χ1v) is 13.4. The molecule has 3 aromatic rings. The second-order valence-corrected chi connectivity index (χ2v) is 9.94. The van der Waals surface area contributed by atoms with Crippen LogP contribution in [0.1, 0.15) is 11.3 Å². The summed E-state index contributed by atoms with van der Waals surface area (Å²) in [6, 6.07) is 5.72. The molecule has 196 valence electrons. The van der Waals surface area contributed by atoms with Crippen LogP contribution in [0.15, 0.2) is 30.5 Å². The Bertz CT molecular complexity index is 1220. The summed E-state index contributed by atoms with van der Waals surface area (Å²) in [5.74, 6) is 1.94. The maximum absolute atomic E-state index is 12.4. The van der Waals surface area contributed by atoms with Crippen LogP contribution >= 0.6 is 11.3 Å². The highest BCUT2D eigenvalue weighted by Crippen LogP contribution is 2.35. The van der Waals surface area contributed by atoms with Gasteiger partial charge < -0.3 is 24.4 Å². The van der Waals surface area contributed by atoms with Crippen molar-refractivity contribution in [3.63, 3.8) is 0 Å². The first-order chi connectivity index (χ1) is 18.2. The summed E-state index contributed by atoms with van der Waals surface area (Å²) < 4.78 is 17.1. The second kappa shape index (κ2) is 12.4. The van der Waals surface area contributed by atoms with E-state index in [1.807, 2.05) is 18.2 Å². The fourth-order valence-electron chi connectivity index (χ4n) is 4.32. The van der Waals surface area contributed by atoms with E-state index in [0.29, 0.717) is 31.5 Å². The normalized spacial score (nSPS) is 16.9. The van der Waals surface area contributed by atoms with Crippen molar-refractivity contribution in [3.8, 4) is 17.3 Å². The van der Waals surface area contributed by atoms with Gasteiger partial charge in [0, 0.05) is 61.5 Å². The van der Waals surface area contributed by atoms with Gasteiger partial charge in [0.15, 0.2) is 11.6 Å². The summed E-state index contributed by atoms with van der Waals surface area (Å²) in [6.07, 6.45) is 6.08. The summed E-state index contributed by atoms with van der Waals surface area (Å²) in [5.41, 5.74) is 1.66. The number of nitrogens with zero attached hydrogens (tertiary/aromatic N) is 5. The lowest BCUT2D eigenvalue weighted by Crippen LogP contribution is -2.38. The molecule has 1 amide bonds. The minimum Gasteiger partial charge on any atom is -0.481 e. The van der Waals surface area contributed by atoms with Crippen molar-refractivity contribution >= 4 is 39.4 Å². The predicted octanol–water partition coefficient (Wildman–Crippen LogP) is 2.45. The number of amides is 1. The average Bonchev–Trinajstić information content (AvgIpc) is 3.38. The van der Waals surface area contributed by atoms with Gasteiger partial charge in [-0.2, -0.15) is 0 Å². The predicted molar refractivity (Wildman–Crippen MR) is 144 cm³/mol. The maximum Gasteiger partial charge on any atom is 0.244 e. The molecule has 10 nitrogen and oxygen atoms in total. The quantitative estimate of drug-likeness (QED) is 0.334. The summed E-state index contributed by atoms with van der Waals surface area (Å²) in [6.45, 7) is 7.99. The Morgan fingerprint density at radius 1 is 1.14 bits per heavy atom. The van der Waals surface area contributed by atoms with Crippen LogP contribution in [0.5, 0.6) is 5.88 Å². The van der Waals surface area contributed by atoms with E-state index in [4.69, 9.17) is 24.2 Å². The molecule has 0 aromatic carbocycles. The van der Waals surface area contributed by atoms with Gasteiger partial charge in [-0.05, 0) is 31.2 Å². The number of ether oxygens (including phenoxy) is 3. The molecule has 2 aliphatic heterocycles. The lowest BCUT2D eigenvalue weighted by Gasteiger charge is -2.28. The number of hydrogen-bond acceptors (Lipinski definition) is 10. The van der Waals surface area contributed by atoms with Gasteiger partial charge >= 0.3 is 0 Å². The molecule has 1 N–H and O–H groups in total. The minimum absolute atomic E-state index is 0.0936. The molecule has 0 saturated carbocycles. The first-order valence-electron chi connectivity index (χ1n) is 12.6. The molecular formula is C26H32N6O4S. The van der Waals surface area contributed by atoms with E-state index in [1.165, 1.54) is 0 Å². The number of aromatic nitrogens is 3. The topological polar surface area (TPSA) is 102 Å². The van der Waals surface area contributed by atoms with Gasteiger partial charge in [0.1, 0.15) is 0 Å². The van der Waals surface area contributed by atoms with Gasteiger partial charge in [0.2, 0.25) is 11.8 Å². The van der Waals surface area contributed by atoms with Crippen LogP contribution in [-0.2, 0) is 14.3 Å². The number of nitrogens with one attached hydrogen (secondary N) is 1. The van der Waals surface area contributed by atoms with Crippen LogP contribution in [0.3, 0.4) is 0 Å². The maximum atomic E-state index is 12.4. The molecule has 11 heteroatoms. The lowest BCUT2D eigenvalue weighted by molar-refractivity contribution is -0.116.